The number of nitrogens with one attached hydrogen (secondary N) is 2. The molecule has 27 heavy (non-hydrogen) atoms. The number of hydrogen-bond donors (Lipinski definition) is 2. The van der Waals surface area contributed by atoms with Crippen LogP contribution < -0.4 is 10.6 Å². The number of benzene rings is 1. The van der Waals surface area contributed by atoms with Gasteiger partial charge in [0.05, 0.1) is 5.56 Å². The van der Waals surface area contributed by atoms with Gasteiger partial charge in [0.15, 0.2) is 6.17 Å². The number of thiophene rings is 1. The molecule has 5 rings (SSSR count). The number of fused-ring (bicyclic) bond motifs is 3. The summed E-state index contributed by atoms with van der Waals surface area (Å²) in [6, 6.07) is 9.00. The van der Waals surface area contributed by atoms with E-state index in [0.717, 1.165) is 35.4 Å². The third-order valence-corrected chi connectivity index (χ3v) is 6.67. The Morgan fingerprint density at radius 1 is 1.04 bits per heavy atom. The molecule has 2 N–H and O–H groups in total. The first-order chi connectivity index (χ1) is 13.1. The minimum atomic E-state index is -0.395. The maximum absolute atomic E-state index is 12.7. The van der Waals surface area contributed by atoms with Crippen molar-refractivity contribution < 1.29 is 9.21 Å². The van der Waals surface area contributed by atoms with Crippen molar-refractivity contribution in [3.63, 3.8) is 0 Å². The van der Waals surface area contributed by atoms with Gasteiger partial charge in [0.1, 0.15) is 16.5 Å². The van der Waals surface area contributed by atoms with Gasteiger partial charge in [0, 0.05) is 20.5 Å². The molecule has 138 valence electrons. The molecule has 0 bridgehead atoms. The minimum Gasteiger partial charge on any atom is -0.457 e. The van der Waals surface area contributed by atoms with E-state index in [2.05, 4.69) is 10.6 Å². The maximum Gasteiger partial charge on any atom is 0.256 e. The second-order valence-corrected chi connectivity index (χ2v) is 8.80. The summed E-state index contributed by atoms with van der Waals surface area (Å²) in [5, 5.41) is 8.50. The predicted octanol–water partition coefficient (Wildman–Crippen LogP) is 6.05. The SMILES string of the molecule is O=C1N[C@@H](c2ccc(-c3cc(Cl)cc(Cl)c3)o2)Nc2sc3c(c21)CCCC3. The normalized spacial score (nSPS) is 18.4. The number of hydrogen-bond acceptors (Lipinski definition) is 4. The van der Waals surface area contributed by atoms with Gasteiger partial charge < -0.3 is 15.1 Å². The highest BCUT2D eigenvalue weighted by molar-refractivity contribution is 7.16. The van der Waals surface area contributed by atoms with E-state index in [4.69, 9.17) is 27.6 Å². The summed E-state index contributed by atoms with van der Waals surface area (Å²) in [5.41, 5.74) is 2.84. The second kappa shape index (κ2) is 6.59. The first kappa shape index (κ1) is 17.2. The van der Waals surface area contributed by atoms with Crippen LogP contribution in [-0.2, 0) is 12.8 Å². The van der Waals surface area contributed by atoms with Gasteiger partial charge >= 0.3 is 0 Å². The molecular weight excluding hydrogens is 403 g/mol. The van der Waals surface area contributed by atoms with Crippen LogP contribution in [0.3, 0.4) is 0 Å². The lowest BCUT2D eigenvalue weighted by Gasteiger charge is -2.25. The Morgan fingerprint density at radius 2 is 1.81 bits per heavy atom. The summed E-state index contributed by atoms with van der Waals surface area (Å²) in [5.74, 6) is 1.27. The monoisotopic (exact) mass is 418 g/mol. The van der Waals surface area contributed by atoms with Gasteiger partial charge in [-0.15, -0.1) is 11.3 Å². The molecule has 1 aromatic carbocycles. The zero-order valence-corrected chi connectivity index (χ0v) is 16.6. The van der Waals surface area contributed by atoms with E-state index in [1.807, 2.05) is 12.1 Å². The van der Waals surface area contributed by atoms with Crippen molar-refractivity contribution in [2.45, 2.75) is 31.8 Å². The van der Waals surface area contributed by atoms with Crippen molar-refractivity contribution in [2.24, 2.45) is 0 Å². The number of rotatable bonds is 2. The van der Waals surface area contributed by atoms with Crippen molar-refractivity contribution in [3.8, 4) is 11.3 Å². The largest absolute Gasteiger partial charge is 0.457 e. The molecule has 2 aromatic heterocycles. The average molecular weight is 419 g/mol. The van der Waals surface area contributed by atoms with Gasteiger partial charge in [0.2, 0.25) is 0 Å². The van der Waals surface area contributed by atoms with Gasteiger partial charge in [-0.1, -0.05) is 23.2 Å². The summed E-state index contributed by atoms with van der Waals surface area (Å²) < 4.78 is 5.99. The number of furan rings is 1. The molecule has 0 unspecified atom stereocenters. The van der Waals surface area contributed by atoms with Crippen LogP contribution >= 0.6 is 34.5 Å². The first-order valence-electron chi connectivity index (χ1n) is 8.86. The highest BCUT2D eigenvalue weighted by Crippen LogP contribution is 2.42. The van der Waals surface area contributed by atoms with Gasteiger partial charge in [0.25, 0.3) is 5.91 Å². The highest BCUT2D eigenvalue weighted by atomic mass is 35.5. The van der Waals surface area contributed by atoms with E-state index in [9.17, 15) is 4.79 Å². The van der Waals surface area contributed by atoms with Crippen molar-refractivity contribution in [2.75, 3.05) is 5.32 Å². The summed E-state index contributed by atoms with van der Waals surface area (Å²) in [4.78, 5) is 14.1. The fourth-order valence-electron chi connectivity index (χ4n) is 3.78. The molecule has 7 heteroatoms. The van der Waals surface area contributed by atoms with Crippen molar-refractivity contribution in [3.05, 3.63) is 62.1 Å². The van der Waals surface area contributed by atoms with Crippen LogP contribution in [0.1, 0.15) is 45.6 Å². The van der Waals surface area contributed by atoms with Crippen molar-refractivity contribution >= 4 is 45.4 Å². The molecule has 0 radical (unpaired) electrons. The fourth-order valence-corrected chi connectivity index (χ4v) is 5.62. The lowest BCUT2D eigenvalue weighted by Crippen LogP contribution is -2.38. The summed E-state index contributed by atoms with van der Waals surface area (Å²) >= 11 is 13.9. The quantitative estimate of drug-likeness (QED) is 0.532. The molecule has 1 aliphatic carbocycles. The Bertz CT molecular complexity index is 1040. The van der Waals surface area contributed by atoms with E-state index >= 15 is 0 Å². The number of carbonyl (C=O) groups is 1. The van der Waals surface area contributed by atoms with Crippen LogP contribution in [0.25, 0.3) is 11.3 Å². The molecule has 0 saturated heterocycles. The van der Waals surface area contributed by atoms with Crippen LogP contribution in [0.15, 0.2) is 34.7 Å². The van der Waals surface area contributed by atoms with E-state index < -0.39 is 6.17 Å². The standard InChI is InChI=1S/C20H16Cl2N2O2S/c21-11-7-10(8-12(22)9-11)14-5-6-15(26-14)18-23-19(25)17-13-3-1-2-4-16(13)27-20(17)24-18/h5-9,18,24H,1-4H2,(H,23,25)/t18-/m1/s1. The number of halogens is 2. The van der Waals surface area contributed by atoms with E-state index in [-0.39, 0.29) is 5.91 Å². The smallest absolute Gasteiger partial charge is 0.256 e. The molecule has 3 aromatic rings. The Morgan fingerprint density at radius 3 is 2.63 bits per heavy atom. The van der Waals surface area contributed by atoms with Crippen molar-refractivity contribution in [1.29, 1.82) is 0 Å². The lowest BCUT2D eigenvalue weighted by molar-refractivity contribution is 0.0930. The van der Waals surface area contributed by atoms with Gasteiger partial charge in [-0.25, -0.2) is 0 Å². The molecule has 0 saturated carbocycles. The summed E-state index contributed by atoms with van der Waals surface area (Å²) in [6.07, 6.45) is 4.00. The van der Waals surface area contributed by atoms with Gasteiger partial charge in [-0.2, -0.15) is 0 Å². The van der Waals surface area contributed by atoms with Gasteiger partial charge in [-0.3, -0.25) is 4.79 Å². The zero-order valence-electron chi connectivity index (χ0n) is 14.3. The van der Waals surface area contributed by atoms with Crippen LogP contribution in [-0.4, -0.2) is 5.91 Å². The highest BCUT2D eigenvalue weighted by Gasteiger charge is 2.33. The van der Waals surface area contributed by atoms with E-state index in [0.29, 0.717) is 21.6 Å². The predicted molar refractivity (Wildman–Crippen MR) is 109 cm³/mol. The number of carbonyl (C=O) groups excluding carboxylic acids is 1. The Labute approximate surface area is 170 Å². The maximum atomic E-state index is 12.7. The van der Waals surface area contributed by atoms with Crippen LogP contribution in [0.4, 0.5) is 5.00 Å². The second-order valence-electron chi connectivity index (χ2n) is 6.83. The van der Waals surface area contributed by atoms with Crippen LogP contribution in [0.2, 0.25) is 10.0 Å². The molecule has 0 fully saturated rings. The van der Waals surface area contributed by atoms with E-state index in [1.54, 1.807) is 29.5 Å². The first-order valence-corrected chi connectivity index (χ1v) is 10.4. The van der Waals surface area contributed by atoms with Crippen LogP contribution in [0, 0.1) is 0 Å². The Hall–Kier alpha value is -1.95. The van der Waals surface area contributed by atoms with Crippen LogP contribution in [0.5, 0.6) is 0 Å². The molecule has 4 nitrogen and oxygen atoms in total. The molecule has 2 aliphatic rings. The number of anilines is 1. The molecule has 3 heterocycles. The topological polar surface area (TPSA) is 54.3 Å². The molecule has 1 atom stereocenters. The third-order valence-electron chi connectivity index (χ3n) is 5.01. The molecule has 1 amide bonds. The number of aryl methyl sites for hydroxylation is 1. The lowest BCUT2D eigenvalue weighted by atomic mass is 9.94. The summed E-state index contributed by atoms with van der Waals surface area (Å²) in [7, 11) is 0. The third kappa shape index (κ3) is 3.04. The Kier molecular flexibility index (Phi) is 4.19. The fraction of sp³-hybridized carbons (Fsp3) is 0.250. The number of amides is 1. The molecule has 0 spiro atoms. The average Bonchev–Trinajstić information content (AvgIpc) is 3.25. The minimum absolute atomic E-state index is 0.0306. The summed E-state index contributed by atoms with van der Waals surface area (Å²) in [6.45, 7) is 0. The molecule has 1 aliphatic heterocycles. The zero-order chi connectivity index (χ0) is 18.5. The molecular formula is C20H16Cl2N2O2S. The van der Waals surface area contributed by atoms with Crippen molar-refractivity contribution in [1.82, 2.24) is 5.32 Å². The van der Waals surface area contributed by atoms with E-state index in [1.165, 1.54) is 16.9 Å². The Balaban J connectivity index is 1.46. The van der Waals surface area contributed by atoms with Gasteiger partial charge in [-0.05, 0) is 61.6 Å².